The summed E-state index contributed by atoms with van der Waals surface area (Å²) >= 11 is 0. The molecule has 3 aliphatic heterocycles. The van der Waals surface area contributed by atoms with E-state index < -0.39 is 0 Å². The Kier molecular flexibility index (Phi) is 3.26. The molecule has 0 saturated carbocycles. The van der Waals surface area contributed by atoms with E-state index in [-0.39, 0.29) is 0 Å². The average molecular weight is 317 g/mol. The highest BCUT2D eigenvalue weighted by Gasteiger charge is 2.28. The molecule has 0 spiro atoms. The van der Waals surface area contributed by atoms with Crippen molar-refractivity contribution in [3.63, 3.8) is 0 Å². The van der Waals surface area contributed by atoms with Crippen molar-refractivity contribution >= 4 is 11.4 Å². The van der Waals surface area contributed by atoms with Gasteiger partial charge < -0.3 is 0 Å². The van der Waals surface area contributed by atoms with E-state index in [1.165, 1.54) is 32.4 Å². The standard InChI is InChI=1S/C19H19N5/c1-4-10-24(11-5-1)13-8-9-16-17(12-13)23-19(22-16)18-20-14-6-2-3-7-15(14)21-18/h2-3,6-9,13H,1,4-5,10-12H2. The Hall–Kier alpha value is -2.40. The molecule has 0 aromatic heterocycles. The smallest absolute Gasteiger partial charge is 0.199 e. The molecule has 1 fully saturated rings. The summed E-state index contributed by atoms with van der Waals surface area (Å²) in [5.74, 6) is 1.29. The molecular weight excluding hydrogens is 298 g/mol. The third-order valence-corrected chi connectivity index (χ3v) is 5.04. The molecule has 4 aliphatic rings. The van der Waals surface area contributed by atoms with E-state index in [0.717, 1.165) is 28.6 Å². The molecule has 0 amide bonds. The van der Waals surface area contributed by atoms with E-state index in [4.69, 9.17) is 4.99 Å². The zero-order chi connectivity index (χ0) is 15.9. The van der Waals surface area contributed by atoms with Crippen molar-refractivity contribution in [2.24, 2.45) is 20.0 Å². The highest BCUT2D eigenvalue weighted by atomic mass is 15.2. The number of para-hydroxylation sites is 2. The summed E-state index contributed by atoms with van der Waals surface area (Å²) in [6, 6.07) is 8.36. The highest BCUT2D eigenvalue weighted by molar-refractivity contribution is 6.48. The molecule has 120 valence electrons. The number of likely N-dealkylation sites (tertiary alicyclic amines) is 1. The quantitative estimate of drug-likeness (QED) is 0.779. The minimum absolute atomic E-state index is 0.460. The summed E-state index contributed by atoms with van der Waals surface area (Å²) in [5, 5.41) is 1.80. The summed E-state index contributed by atoms with van der Waals surface area (Å²) in [5.41, 5.74) is 2.06. The first-order valence-corrected chi connectivity index (χ1v) is 8.72. The number of rotatable bonds is 1. The fourth-order valence-electron chi connectivity index (χ4n) is 3.75. The maximum Gasteiger partial charge on any atom is 0.199 e. The molecule has 5 nitrogen and oxygen atoms in total. The van der Waals surface area contributed by atoms with Gasteiger partial charge in [0, 0.05) is 12.5 Å². The third kappa shape index (κ3) is 2.36. The van der Waals surface area contributed by atoms with Crippen LogP contribution in [0.2, 0.25) is 0 Å². The Labute approximate surface area is 140 Å². The summed E-state index contributed by atoms with van der Waals surface area (Å²) in [7, 11) is 0. The van der Waals surface area contributed by atoms with Gasteiger partial charge in [0.05, 0.1) is 22.1 Å². The first-order chi connectivity index (χ1) is 11.9. The molecule has 1 aliphatic carbocycles. The van der Waals surface area contributed by atoms with Gasteiger partial charge >= 0.3 is 0 Å². The predicted octanol–water partition coefficient (Wildman–Crippen LogP) is 1.78. The Morgan fingerprint density at radius 1 is 0.833 bits per heavy atom. The van der Waals surface area contributed by atoms with Crippen LogP contribution in [-0.4, -0.2) is 35.5 Å². The minimum Gasteiger partial charge on any atom is -0.297 e. The molecule has 3 heterocycles. The zero-order valence-electron chi connectivity index (χ0n) is 13.5. The van der Waals surface area contributed by atoms with E-state index in [2.05, 4.69) is 32.0 Å². The Bertz CT molecular complexity index is 892. The van der Waals surface area contributed by atoms with Crippen LogP contribution < -0.4 is 10.7 Å². The number of piperidine rings is 1. The van der Waals surface area contributed by atoms with E-state index >= 15 is 0 Å². The summed E-state index contributed by atoms with van der Waals surface area (Å²) < 4.78 is 0. The number of fused-ring (bicyclic) bond motifs is 2. The van der Waals surface area contributed by atoms with Crippen LogP contribution in [0.4, 0.5) is 0 Å². The number of aliphatic imine (C=N–C) groups is 2. The van der Waals surface area contributed by atoms with Crippen molar-refractivity contribution in [2.75, 3.05) is 13.1 Å². The van der Waals surface area contributed by atoms with E-state index in [0.29, 0.717) is 17.7 Å². The molecule has 5 heteroatoms. The lowest BCUT2D eigenvalue weighted by Gasteiger charge is -2.34. The molecular formula is C19H19N5. The van der Waals surface area contributed by atoms with Crippen LogP contribution in [-0.2, 0) is 0 Å². The van der Waals surface area contributed by atoms with Crippen LogP contribution in [0.5, 0.6) is 0 Å². The molecule has 0 bridgehead atoms. The summed E-state index contributed by atoms with van der Waals surface area (Å²) in [6.45, 7) is 2.39. The lowest BCUT2D eigenvalue weighted by atomic mass is 9.96. The molecule has 5 rings (SSSR count). The van der Waals surface area contributed by atoms with Gasteiger partial charge in [-0.05, 0) is 44.1 Å². The van der Waals surface area contributed by atoms with Crippen LogP contribution >= 0.6 is 0 Å². The maximum atomic E-state index is 4.75. The summed E-state index contributed by atoms with van der Waals surface area (Å²) in [4.78, 5) is 21.1. The van der Waals surface area contributed by atoms with Crippen LogP contribution in [0, 0.1) is 0 Å². The first-order valence-electron chi connectivity index (χ1n) is 8.72. The predicted molar refractivity (Wildman–Crippen MR) is 93.6 cm³/mol. The van der Waals surface area contributed by atoms with Crippen LogP contribution in [0.25, 0.3) is 0 Å². The van der Waals surface area contributed by atoms with Crippen molar-refractivity contribution in [3.8, 4) is 0 Å². The normalized spacial score (nSPS) is 25.6. The zero-order valence-corrected chi connectivity index (χ0v) is 13.5. The molecule has 0 radical (unpaired) electrons. The lowest BCUT2D eigenvalue weighted by Crippen LogP contribution is -2.41. The van der Waals surface area contributed by atoms with E-state index in [1.54, 1.807) is 0 Å². The van der Waals surface area contributed by atoms with Crippen LogP contribution in [0.15, 0.2) is 68.0 Å². The largest absolute Gasteiger partial charge is 0.297 e. The number of hydrogen-bond donors (Lipinski definition) is 0. The number of allylic oxidation sites excluding steroid dienone is 1. The topological polar surface area (TPSA) is 52.7 Å². The monoisotopic (exact) mass is 317 g/mol. The third-order valence-electron chi connectivity index (χ3n) is 5.04. The van der Waals surface area contributed by atoms with Gasteiger partial charge in [0.15, 0.2) is 11.6 Å². The van der Waals surface area contributed by atoms with Crippen molar-refractivity contribution in [1.29, 1.82) is 0 Å². The fourth-order valence-corrected chi connectivity index (χ4v) is 3.75. The molecule has 24 heavy (non-hydrogen) atoms. The molecule has 1 atom stereocenters. The van der Waals surface area contributed by atoms with Crippen molar-refractivity contribution in [2.45, 2.75) is 31.7 Å². The second-order valence-corrected chi connectivity index (χ2v) is 6.64. The molecule has 1 aromatic rings. The van der Waals surface area contributed by atoms with Crippen LogP contribution in [0.3, 0.4) is 0 Å². The number of hydrogen-bond acceptors (Lipinski definition) is 5. The first kappa shape index (κ1) is 14.0. The molecule has 1 aromatic carbocycles. The van der Waals surface area contributed by atoms with Gasteiger partial charge in [-0.15, -0.1) is 0 Å². The van der Waals surface area contributed by atoms with Gasteiger partial charge in [-0.2, -0.15) is 0 Å². The highest BCUT2D eigenvalue weighted by Crippen LogP contribution is 2.25. The van der Waals surface area contributed by atoms with Gasteiger partial charge in [0.1, 0.15) is 0 Å². The number of nitrogens with zero attached hydrogens (tertiary/aromatic N) is 5. The Morgan fingerprint density at radius 2 is 1.54 bits per heavy atom. The second-order valence-electron chi connectivity index (χ2n) is 6.64. The minimum atomic E-state index is 0.460. The van der Waals surface area contributed by atoms with Gasteiger partial charge in [0.2, 0.25) is 0 Å². The van der Waals surface area contributed by atoms with Crippen molar-refractivity contribution < 1.29 is 0 Å². The van der Waals surface area contributed by atoms with Gasteiger partial charge in [-0.25, -0.2) is 20.0 Å². The van der Waals surface area contributed by atoms with Gasteiger partial charge in [0.25, 0.3) is 0 Å². The SMILES string of the molecule is C1=CC(N2CCCCC2)CC2=NC(=C3N=c4ccccc4=N3)N=C12. The van der Waals surface area contributed by atoms with Crippen molar-refractivity contribution in [1.82, 2.24) is 4.90 Å². The Balaban J connectivity index is 1.45. The second kappa shape index (κ2) is 5.60. The Morgan fingerprint density at radius 3 is 2.29 bits per heavy atom. The number of benzene rings is 1. The van der Waals surface area contributed by atoms with E-state index in [9.17, 15) is 0 Å². The van der Waals surface area contributed by atoms with Crippen LogP contribution in [0.1, 0.15) is 25.7 Å². The van der Waals surface area contributed by atoms with E-state index in [1.807, 2.05) is 24.3 Å². The van der Waals surface area contributed by atoms with Gasteiger partial charge in [-0.1, -0.05) is 24.6 Å². The molecule has 0 N–H and O–H groups in total. The molecule has 1 unspecified atom stereocenters. The van der Waals surface area contributed by atoms with Gasteiger partial charge in [-0.3, -0.25) is 4.90 Å². The fraction of sp³-hybridized carbons (Fsp3) is 0.368. The average Bonchev–Trinajstić information content (AvgIpc) is 3.25. The summed E-state index contributed by atoms with van der Waals surface area (Å²) in [6.07, 6.45) is 9.33. The molecule has 1 saturated heterocycles. The lowest BCUT2D eigenvalue weighted by molar-refractivity contribution is 0.194. The maximum absolute atomic E-state index is 4.75. The van der Waals surface area contributed by atoms with Crippen molar-refractivity contribution in [3.05, 3.63) is 58.8 Å².